The zero-order chi connectivity index (χ0) is 10.7. The van der Waals surface area contributed by atoms with Crippen LogP contribution < -0.4 is 5.73 Å². The third-order valence-corrected chi connectivity index (χ3v) is 5.02. The summed E-state index contributed by atoms with van der Waals surface area (Å²) >= 11 is 2.12. The molecule has 2 N–H and O–H groups in total. The van der Waals surface area contributed by atoms with E-state index in [1.165, 1.54) is 50.3 Å². The molecule has 2 fully saturated rings. The lowest BCUT2D eigenvalue weighted by molar-refractivity contribution is 0.114. The quantitative estimate of drug-likeness (QED) is 0.800. The van der Waals surface area contributed by atoms with Gasteiger partial charge < -0.3 is 5.73 Å². The molecule has 2 aliphatic rings. The van der Waals surface area contributed by atoms with Crippen LogP contribution in [0.3, 0.4) is 0 Å². The van der Waals surface area contributed by atoms with Gasteiger partial charge in [0.25, 0.3) is 0 Å². The molecule has 0 saturated carbocycles. The van der Waals surface area contributed by atoms with Gasteiger partial charge in [-0.3, -0.25) is 4.90 Å². The number of piperidine rings is 1. The molecule has 3 heteroatoms. The number of hydrogen-bond acceptors (Lipinski definition) is 3. The predicted molar refractivity (Wildman–Crippen MR) is 68.3 cm³/mol. The first kappa shape index (κ1) is 11.7. The molecule has 0 amide bonds. The molecular weight excluding hydrogens is 204 g/mol. The van der Waals surface area contributed by atoms with Crippen molar-refractivity contribution in [1.29, 1.82) is 0 Å². The molecule has 0 radical (unpaired) electrons. The van der Waals surface area contributed by atoms with Gasteiger partial charge in [0.1, 0.15) is 0 Å². The molecule has 0 aromatic carbocycles. The standard InChI is InChI=1S/C12H24N2S/c1-10(13)12-4-2-3-6-14(12)8-11-5-7-15-9-11/h10-12H,2-9,13H2,1H3. The van der Waals surface area contributed by atoms with E-state index in [1.807, 2.05) is 0 Å². The van der Waals surface area contributed by atoms with Crippen LogP contribution in [0, 0.1) is 5.92 Å². The average Bonchev–Trinajstić information content (AvgIpc) is 2.71. The summed E-state index contributed by atoms with van der Waals surface area (Å²) < 4.78 is 0. The first-order valence-electron chi connectivity index (χ1n) is 6.35. The van der Waals surface area contributed by atoms with Gasteiger partial charge in [-0.05, 0) is 50.2 Å². The van der Waals surface area contributed by atoms with Crippen LogP contribution in [-0.2, 0) is 0 Å². The highest BCUT2D eigenvalue weighted by Crippen LogP contribution is 2.27. The highest BCUT2D eigenvalue weighted by Gasteiger charge is 2.28. The van der Waals surface area contributed by atoms with Crippen molar-refractivity contribution in [2.75, 3.05) is 24.6 Å². The van der Waals surface area contributed by atoms with Crippen LogP contribution in [0.4, 0.5) is 0 Å². The van der Waals surface area contributed by atoms with E-state index in [9.17, 15) is 0 Å². The van der Waals surface area contributed by atoms with Gasteiger partial charge in [0.15, 0.2) is 0 Å². The molecule has 0 aliphatic carbocycles. The summed E-state index contributed by atoms with van der Waals surface area (Å²) in [4.78, 5) is 2.67. The third-order valence-electron chi connectivity index (χ3n) is 3.79. The summed E-state index contributed by atoms with van der Waals surface area (Å²) in [7, 11) is 0. The summed E-state index contributed by atoms with van der Waals surface area (Å²) in [6.45, 7) is 4.76. The monoisotopic (exact) mass is 228 g/mol. The van der Waals surface area contributed by atoms with Crippen molar-refractivity contribution in [2.24, 2.45) is 11.7 Å². The Balaban J connectivity index is 1.86. The lowest BCUT2D eigenvalue weighted by atomic mass is 9.95. The molecule has 0 spiro atoms. The second kappa shape index (κ2) is 5.55. The summed E-state index contributed by atoms with van der Waals surface area (Å²) in [5.74, 6) is 3.69. The molecule has 0 bridgehead atoms. The molecule has 3 unspecified atom stereocenters. The van der Waals surface area contributed by atoms with E-state index >= 15 is 0 Å². The number of nitrogens with zero attached hydrogens (tertiary/aromatic N) is 1. The fourth-order valence-electron chi connectivity index (χ4n) is 2.90. The van der Waals surface area contributed by atoms with Crippen LogP contribution in [0.15, 0.2) is 0 Å². The topological polar surface area (TPSA) is 29.3 Å². The van der Waals surface area contributed by atoms with Crippen molar-refractivity contribution in [2.45, 2.75) is 44.7 Å². The fourth-order valence-corrected chi connectivity index (χ4v) is 4.17. The maximum Gasteiger partial charge on any atom is 0.0244 e. The van der Waals surface area contributed by atoms with Gasteiger partial charge in [0, 0.05) is 18.6 Å². The van der Waals surface area contributed by atoms with Gasteiger partial charge >= 0.3 is 0 Å². The Morgan fingerprint density at radius 1 is 1.40 bits per heavy atom. The van der Waals surface area contributed by atoms with E-state index in [2.05, 4.69) is 23.6 Å². The second-order valence-electron chi connectivity index (χ2n) is 5.15. The fraction of sp³-hybridized carbons (Fsp3) is 1.00. The maximum absolute atomic E-state index is 6.08. The molecular formula is C12H24N2S. The number of hydrogen-bond donors (Lipinski definition) is 1. The van der Waals surface area contributed by atoms with Gasteiger partial charge in [-0.15, -0.1) is 0 Å². The largest absolute Gasteiger partial charge is 0.327 e. The van der Waals surface area contributed by atoms with Gasteiger partial charge in [0.05, 0.1) is 0 Å². The Labute approximate surface area is 98.0 Å². The number of rotatable bonds is 3. The second-order valence-corrected chi connectivity index (χ2v) is 6.30. The lowest BCUT2D eigenvalue weighted by Crippen LogP contribution is -2.50. The van der Waals surface area contributed by atoms with Crippen LogP contribution >= 0.6 is 11.8 Å². The minimum absolute atomic E-state index is 0.347. The van der Waals surface area contributed by atoms with E-state index in [-0.39, 0.29) is 0 Å². The molecule has 0 aromatic rings. The van der Waals surface area contributed by atoms with Crippen LogP contribution in [0.5, 0.6) is 0 Å². The van der Waals surface area contributed by atoms with Crippen molar-refractivity contribution in [3.05, 3.63) is 0 Å². The Kier molecular flexibility index (Phi) is 4.35. The Morgan fingerprint density at radius 3 is 2.93 bits per heavy atom. The van der Waals surface area contributed by atoms with Crippen molar-refractivity contribution >= 4 is 11.8 Å². The van der Waals surface area contributed by atoms with Crippen LogP contribution in [0.2, 0.25) is 0 Å². The zero-order valence-electron chi connectivity index (χ0n) is 9.82. The summed E-state index contributed by atoms with van der Waals surface area (Å²) in [5.41, 5.74) is 6.08. The predicted octanol–water partition coefficient (Wildman–Crippen LogP) is 1.94. The molecule has 3 atom stereocenters. The lowest BCUT2D eigenvalue weighted by Gasteiger charge is -2.39. The van der Waals surface area contributed by atoms with E-state index in [4.69, 9.17) is 5.73 Å². The zero-order valence-corrected chi connectivity index (χ0v) is 10.6. The summed E-state index contributed by atoms with van der Waals surface area (Å²) in [6, 6.07) is 1.00. The van der Waals surface area contributed by atoms with Gasteiger partial charge in [-0.25, -0.2) is 0 Å². The molecule has 2 rings (SSSR count). The minimum atomic E-state index is 0.347. The number of nitrogens with two attached hydrogens (primary N) is 1. The minimum Gasteiger partial charge on any atom is -0.327 e. The van der Waals surface area contributed by atoms with E-state index in [0.717, 1.165) is 5.92 Å². The molecule has 2 aliphatic heterocycles. The molecule has 2 heterocycles. The first-order valence-corrected chi connectivity index (χ1v) is 7.50. The Bertz CT molecular complexity index is 190. The van der Waals surface area contributed by atoms with Gasteiger partial charge in [-0.2, -0.15) is 11.8 Å². The van der Waals surface area contributed by atoms with Crippen molar-refractivity contribution in [3.63, 3.8) is 0 Å². The third kappa shape index (κ3) is 3.11. The van der Waals surface area contributed by atoms with Crippen LogP contribution in [-0.4, -0.2) is 41.6 Å². The van der Waals surface area contributed by atoms with Gasteiger partial charge in [-0.1, -0.05) is 6.42 Å². The summed E-state index contributed by atoms with van der Waals surface area (Å²) in [5, 5.41) is 0. The normalized spacial score (nSPS) is 35.6. The highest BCUT2D eigenvalue weighted by atomic mass is 32.2. The molecule has 0 aromatic heterocycles. The first-order chi connectivity index (χ1) is 7.27. The molecule has 88 valence electrons. The summed E-state index contributed by atoms with van der Waals surface area (Å²) in [6.07, 6.45) is 5.50. The molecule has 2 nitrogen and oxygen atoms in total. The van der Waals surface area contributed by atoms with E-state index in [0.29, 0.717) is 12.1 Å². The van der Waals surface area contributed by atoms with Crippen LogP contribution in [0.25, 0.3) is 0 Å². The maximum atomic E-state index is 6.08. The van der Waals surface area contributed by atoms with Crippen molar-refractivity contribution in [1.82, 2.24) is 4.90 Å². The SMILES string of the molecule is CC(N)C1CCCCN1CC1CCSC1. The number of thioether (sulfide) groups is 1. The van der Waals surface area contributed by atoms with E-state index in [1.54, 1.807) is 0 Å². The molecule has 2 saturated heterocycles. The highest BCUT2D eigenvalue weighted by molar-refractivity contribution is 7.99. The Morgan fingerprint density at radius 2 is 2.27 bits per heavy atom. The van der Waals surface area contributed by atoms with Crippen molar-refractivity contribution in [3.8, 4) is 0 Å². The average molecular weight is 228 g/mol. The number of likely N-dealkylation sites (tertiary alicyclic amines) is 1. The van der Waals surface area contributed by atoms with E-state index < -0.39 is 0 Å². The van der Waals surface area contributed by atoms with Gasteiger partial charge in [0.2, 0.25) is 0 Å². The van der Waals surface area contributed by atoms with Crippen LogP contribution in [0.1, 0.15) is 32.6 Å². The smallest absolute Gasteiger partial charge is 0.0244 e. The Hall–Kier alpha value is 0.270. The van der Waals surface area contributed by atoms with Crippen molar-refractivity contribution < 1.29 is 0 Å². The molecule has 15 heavy (non-hydrogen) atoms.